The van der Waals surface area contributed by atoms with Crippen molar-refractivity contribution in [1.82, 2.24) is 19.4 Å². The van der Waals surface area contributed by atoms with Crippen LogP contribution in [0.1, 0.15) is 11.3 Å². The summed E-state index contributed by atoms with van der Waals surface area (Å²) in [5, 5.41) is 4.23. The minimum absolute atomic E-state index is 0.671. The summed E-state index contributed by atoms with van der Waals surface area (Å²) >= 11 is 0. The van der Waals surface area contributed by atoms with Crippen LogP contribution in [0.4, 0.5) is 17.2 Å². The molecule has 0 aliphatic heterocycles. The first-order valence-corrected chi connectivity index (χ1v) is 9.56. The molecule has 0 aliphatic rings. The number of fused-ring (bicyclic) bond motifs is 2. The summed E-state index contributed by atoms with van der Waals surface area (Å²) in [6.45, 7) is 3.98. The molecule has 0 aliphatic carbocycles. The lowest BCUT2D eigenvalue weighted by Gasteiger charge is -2.13. The Balaban J connectivity index is 1.41. The van der Waals surface area contributed by atoms with Crippen LogP contribution in [0, 0.1) is 13.8 Å². The average molecular weight is 396 g/mol. The second kappa shape index (κ2) is 7.04. The molecule has 148 valence electrons. The van der Waals surface area contributed by atoms with Gasteiger partial charge in [0.05, 0.1) is 11.2 Å². The van der Waals surface area contributed by atoms with Gasteiger partial charge in [-0.2, -0.15) is 0 Å². The maximum Gasteiger partial charge on any atom is 0.141 e. The van der Waals surface area contributed by atoms with Crippen LogP contribution < -0.4 is 15.8 Å². The van der Waals surface area contributed by atoms with E-state index < -0.39 is 0 Å². The van der Waals surface area contributed by atoms with E-state index in [1.165, 1.54) is 0 Å². The zero-order valence-electron chi connectivity index (χ0n) is 16.6. The summed E-state index contributed by atoms with van der Waals surface area (Å²) in [6, 6.07) is 15.4. The van der Waals surface area contributed by atoms with Gasteiger partial charge in [0.25, 0.3) is 0 Å². The largest absolute Gasteiger partial charge is 0.457 e. The Bertz CT molecular complexity index is 1390. The SMILES string of the molecule is Cc1cn2ccc(Oc3ccc(Nc4ncnc5ccc(N)cc45)cc3C)cc2n1. The molecule has 7 nitrogen and oxygen atoms in total. The highest BCUT2D eigenvalue weighted by Crippen LogP contribution is 2.30. The van der Waals surface area contributed by atoms with Crippen molar-refractivity contribution in [3.05, 3.63) is 78.5 Å². The number of aryl methyl sites for hydroxylation is 2. The number of pyridine rings is 1. The first kappa shape index (κ1) is 17.9. The molecule has 0 saturated carbocycles. The summed E-state index contributed by atoms with van der Waals surface area (Å²) in [4.78, 5) is 13.2. The minimum atomic E-state index is 0.671. The number of hydrogen-bond donors (Lipinski definition) is 2. The molecular formula is C23H20N6O. The fraction of sp³-hybridized carbons (Fsp3) is 0.0870. The predicted octanol–water partition coefficient (Wildman–Crippen LogP) is 5.01. The van der Waals surface area contributed by atoms with Crippen LogP contribution in [-0.2, 0) is 0 Å². The van der Waals surface area contributed by atoms with Crippen LogP contribution in [0.2, 0.25) is 0 Å². The van der Waals surface area contributed by atoms with E-state index in [1.807, 2.05) is 79.2 Å². The molecule has 5 rings (SSSR count). The zero-order valence-corrected chi connectivity index (χ0v) is 16.6. The Morgan fingerprint density at radius 1 is 1.00 bits per heavy atom. The number of nitrogens with two attached hydrogens (primary N) is 1. The van der Waals surface area contributed by atoms with Gasteiger partial charge in [-0.25, -0.2) is 15.0 Å². The highest BCUT2D eigenvalue weighted by molar-refractivity contribution is 5.92. The molecule has 3 aromatic heterocycles. The lowest BCUT2D eigenvalue weighted by molar-refractivity contribution is 0.478. The standard InChI is InChI=1S/C23H20N6O/c1-14-9-17(28-23-19-10-16(24)3-5-20(19)25-13-26-23)4-6-21(14)30-18-7-8-29-12-15(2)27-22(29)11-18/h3-13H,24H2,1-2H3,(H,25,26,28). The number of anilines is 3. The molecule has 0 bridgehead atoms. The van der Waals surface area contributed by atoms with Crippen molar-refractivity contribution in [2.75, 3.05) is 11.1 Å². The van der Waals surface area contributed by atoms with Crippen LogP contribution in [0.5, 0.6) is 11.5 Å². The van der Waals surface area contributed by atoms with Gasteiger partial charge in [0.15, 0.2) is 0 Å². The number of imidazole rings is 1. The quantitative estimate of drug-likeness (QED) is 0.415. The van der Waals surface area contributed by atoms with Crippen molar-refractivity contribution in [3.63, 3.8) is 0 Å². The van der Waals surface area contributed by atoms with Crippen LogP contribution >= 0.6 is 0 Å². The average Bonchev–Trinajstić information content (AvgIpc) is 3.10. The van der Waals surface area contributed by atoms with Crippen molar-refractivity contribution in [3.8, 4) is 11.5 Å². The monoisotopic (exact) mass is 396 g/mol. The van der Waals surface area contributed by atoms with Gasteiger partial charge in [-0.3, -0.25) is 0 Å². The maximum atomic E-state index is 6.09. The minimum Gasteiger partial charge on any atom is -0.457 e. The first-order chi connectivity index (χ1) is 14.5. The van der Waals surface area contributed by atoms with E-state index in [-0.39, 0.29) is 0 Å². The molecule has 3 heterocycles. The van der Waals surface area contributed by atoms with Gasteiger partial charge in [0.2, 0.25) is 0 Å². The second-order valence-electron chi connectivity index (χ2n) is 7.22. The van der Waals surface area contributed by atoms with E-state index in [1.54, 1.807) is 6.33 Å². The Kier molecular flexibility index (Phi) is 4.21. The number of benzene rings is 2. The summed E-state index contributed by atoms with van der Waals surface area (Å²) in [5.41, 5.74) is 11.2. The number of nitrogen functional groups attached to an aromatic ring is 1. The molecule has 7 heteroatoms. The first-order valence-electron chi connectivity index (χ1n) is 9.56. The topological polar surface area (TPSA) is 90.4 Å². The summed E-state index contributed by atoms with van der Waals surface area (Å²) in [5.74, 6) is 2.24. The molecule has 3 N–H and O–H groups in total. The Morgan fingerprint density at radius 2 is 1.90 bits per heavy atom. The molecule has 30 heavy (non-hydrogen) atoms. The number of rotatable bonds is 4. The summed E-state index contributed by atoms with van der Waals surface area (Å²) in [7, 11) is 0. The third kappa shape index (κ3) is 3.37. The Hall–Kier alpha value is -4.13. The fourth-order valence-electron chi connectivity index (χ4n) is 3.43. The van der Waals surface area contributed by atoms with Gasteiger partial charge in [0.1, 0.15) is 29.3 Å². The third-order valence-electron chi connectivity index (χ3n) is 4.88. The highest BCUT2D eigenvalue weighted by atomic mass is 16.5. The second-order valence-corrected chi connectivity index (χ2v) is 7.22. The van der Waals surface area contributed by atoms with E-state index >= 15 is 0 Å². The van der Waals surface area contributed by atoms with Crippen LogP contribution in [0.15, 0.2) is 67.3 Å². The van der Waals surface area contributed by atoms with Gasteiger partial charge in [-0.15, -0.1) is 0 Å². The lowest BCUT2D eigenvalue weighted by Crippen LogP contribution is -1.98. The molecular weight excluding hydrogens is 376 g/mol. The van der Waals surface area contributed by atoms with E-state index in [0.717, 1.165) is 45.0 Å². The molecule has 0 spiro atoms. The summed E-state index contributed by atoms with van der Waals surface area (Å²) in [6.07, 6.45) is 5.47. The van der Waals surface area contributed by atoms with Crippen molar-refractivity contribution in [1.29, 1.82) is 0 Å². The fourth-order valence-corrected chi connectivity index (χ4v) is 3.43. The molecule has 0 atom stereocenters. The van der Waals surface area contributed by atoms with Gasteiger partial charge < -0.3 is 20.2 Å². The van der Waals surface area contributed by atoms with Gasteiger partial charge in [0, 0.05) is 35.2 Å². The van der Waals surface area contributed by atoms with Gasteiger partial charge >= 0.3 is 0 Å². The number of nitrogens with one attached hydrogen (secondary N) is 1. The third-order valence-corrected chi connectivity index (χ3v) is 4.88. The lowest BCUT2D eigenvalue weighted by atomic mass is 10.2. The zero-order chi connectivity index (χ0) is 20.7. The number of ether oxygens (including phenoxy) is 1. The Morgan fingerprint density at radius 3 is 2.77 bits per heavy atom. The molecule has 0 saturated heterocycles. The van der Waals surface area contributed by atoms with Gasteiger partial charge in [-0.05, 0) is 61.9 Å². The molecule has 0 fully saturated rings. The van der Waals surface area contributed by atoms with E-state index in [4.69, 9.17) is 10.5 Å². The van der Waals surface area contributed by atoms with Crippen molar-refractivity contribution >= 4 is 33.7 Å². The van der Waals surface area contributed by atoms with E-state index in [2.05, 4.69) is 20.3 Å². The number of aromatic nitrogens is 4. The van der Waals surface area contributed by atoms with Crippen molar-refractivity contribution in [2.45, 2.75) is 13.8 Å². The molecule has 5 aromatic rings. The molecule has 0 radical (unpaired) electrons. The molecule has 2 aromatic carbocycles. The Labute approximate surface area is 173 Å². The van der Waals surface area contributed by atoms with Crippen LogP contribution in [0.3, 0.4) is 0 Å². The summed E-state index contributed by atoms with van der Waals surface area (Å²) < 4.78 is 8.07. The predicted molar refractivity (Wildman–Crippen MR) is 118 cm³/mol. The van der Waals surface area contributed by atoms with Gasteiger partial charge in [-0.1, -0.05) is 0 Å². The van der Waals surface area contributed by atoms with Crippen molar-refractivity contribution in [2.24, 2.45) is 0 Å². The molecule has 0 amide bonds. The van der Waals surface area contributed by atoms with Crippen molar-refractivity contribution < 1.29 is 4.74 Å². The van der Waals surface area contributed by atoms with E-state index in [0.29, 0.717) is 11.5 Å². The number of nitrogens with zero attached hydrogens (tertiary/aromatic N) is 4. The highest BCUT2D eigenvalue weighted by Gasteiger charge is 2.08. The normalized spacial score (nSPS) is 11.1. The van der Waals surface area contributed by atoms with E-state index in [9.17, 15) is 0 Å². The van der Waals surface area contributed by atoms with Crippen LogP contribution in [0.25, 0.3) is 16.6 Å². The smallest absolute Gasteiger partial charge is 0.141 e. The molecule has 0 unspecified atom stereocenters. The van der Waals surface area contributed by atoms with Crippen LogP contribution in [-0.4, -0.2) is 19.4 Å². The maximum absolute atomic E-state index is 6.09. The number of hydrogen-bond acceptors (Lipinski definition) is 6.